The standard InChI is InChI=1S/C24H30N4O3/c1-16-7-6-8-18(13-16)10-12-28-21(29)14-19-17(2)25-23(26-24(19)28)20-9-4-5-11-27(20)22(30)15-31-3/h6-8,13,20H,4-5,9-12,14-15H2,1-3H3/t20-/m1/s1. The lowest BCUT2D eigenvalue weighted by atomic mass is 10.0. The van der Waals surface area contributed by atoms with E-state index in [0.29, 0.717) is 31.2 Å². The zero-order valence-electron chi connectivity index (χ0n) is 18.6. The Morgan fingerprint density at radius 1 is 1.23 bits per heavy atom. The molecule has 1 aromatic heterocycles. The summed E-state index contributed by atoms with van der Waals surface area (Å²) in [7, 11) is 1.53. The van der Waals surface area contributed by atoms with E-state index in [-0.39, 0.29) is 24.5 Å². The lowest BCUT2D eigenvalue weighted by molar-refractivity contribution is -0.139. The molecule has 164 valence electrons. The van der Waals surface area contributed by atoms with E-state index in [1.165, 1.54) is 18.2 Å². The van der Waals surface area contributed by atoms with Crippen LogP contribution in [0.3, 0.4) is 0 Å². The molecule has 2 aliphatic heterocycles. The maximum absolute atomic E-state index is 12.8. The summed E-state index contributed by atoms with van der Waals surface area (Å²) < 4.78 is 5.07. The van der Waals surface area contributed by atoms with E-state index in [1.807, 2.05) is 17.9 Å². The van der Waals surface area contributed by atoms with Crippen molar-refractivity contribution in [3.05, 3.63) is 52.5 Å². The van der Waals surface area contributed by atoms with Crippen LogP contribution in [0, 0.1) is 13.8 Å². The fourth-order valence-corrected chi connectivity index (χ4v) is 4.59. The van der Waals surface area contributed by atoms with Crippen LogP contribution in [0.5, 0.6) is 0 Å². The molecule has 7 heteroatoms. The minimum atomic E-state index is -0.172. The summed E-state index contributed by atoms with van der Waals surface area (Å²) in [6.07, 6.45) is 3.93. The zero-order valence-corrected chi connectivity index (χ0v) is 18.6. The Bertz CT molecular complexity index is 991. The maximum atomic E-state index is 12.8. The smallest absolute Gasteiger partial charge is 0.249 e. The molecule has 2 aromatic rings. The molecule has 0 radical (unpaired) electrons. The quantitative estimate of drug-likeness (QED) is 0.716. The Hall–Kier alpha value is -2.80. The van der Waals surface area contributed by atoms with Gasteiger partial charge in [-0.25, -0.2) is 9.97 Å². The lowest BCUT2D eigenvalue weighted by Crippen LogP contribution is -2.41. The SMILES string of the molecule is COCC(=O)N1CCCC[C@@H]1c1nc(C)c2c(n1)N(CCc1cccc(C)c1)C(=O)C2. The summed E-state index contributed by atoms with van der Waals surface area (Å²) in [5, 5.41) is 0. The van der Waals surface area contributed by atoms with Crippen molar-refractivity contribution < 1.29 is 14.3 Å². The largest absolute Gasteiger partial charge is 0.375 e. The number of amides is 2. The van der Waals surface area contributed by atoms with E-state index in [9.17, 15) is 9.59 Å². The average Bonchev–Trinajstić information content (AvgIpc) is 3.08. The van der Waals surface area contributed by atoms with Crippen molar-refractivity contribution in [2.24, 2.45) is 0 Å². The molecule has 0 unspecified atom stereocenters. The molecule has 31 heavy (non-hydrogen) atoms. The molecular formula is C24H30N4O3. The number of aromatic nitrogens is 2. The molecule has 2 amide bonds. The van der Waals surface area contributed by atoms with Gasteiger partial charge >= 0.3 is 0 Å². The number of likely N-dealkylation sites (tertiary alicyclic amines) is 1. The van der Waals surface area contributed by atoms with Crippen LogP contribution < -0.4 is 4.90 Å². The monoisotopic (exact) mass is 422 g/mol. The average molecular weight is 423 g/mol. The maximum Gasteiger partial charge on any atom is 0.249 e. The molecule has 4 rings (SSSR count). The highest BCUT2D eigenvalue weighted by Crippen LogP contribution is 2.34. The van der Waals surface area contributed by atoms with E-state index in [4.69, 9.17) is 14.7 Å². The van der Waals surface area contributed by atoms with Crippen molar-refractivity contribution in [1.82, 2.24) is 14.9 Å². The third kappa shape index (κ3) is 4.46. The molecule has 1 fully saturated rings. The number of methoxy groups -OCH3 is 1. The minimum absolute atomic E-state index is 0.0404. The molecule has 0 spiro atoms. The van der Waals surface area contributed by atoms with Gasteiger partial charge in [0.1, 0.15) is 12.4 Å². The van der Waals surface area contributed by atoms with Gasteiger partial charge in [-0.3, -0.25) is 14.5 Å². The fraction of sp³-hybridized carbons (Fsp3) is 0.500. The first kappa shape index (κ1) is 21.4. The Morgan fingerprint density at radius 3 is 2.84 bits per heavy atom. The van der Waals surface area contributed by atoms with Gasteiger partial charge in [0.15, 0.2) is 5.82 Å². The third-order valence-electron chi connectivity index (χ3n) is 6.19. The minimum Gasteiger partial charge on any atom is -0.375 e. The number of benzene rings is 1. The third-order valence-corrected chi connectivity index (χ3v) is 6.19. The number of hydrogen-bond acceptors (Lipinski definition) is 5. The van der Waals surface area contributed by atoms with Crippen molar-refractivity contribution >= 4 is 17.6 Å². The van der Waals surface area contributed by atoms with Crippen molar-refractivity contribution in [3.8, 4) is 0 Å². The first-order valence-corrected chi connectivity index (χ1v) is 11.0. The molecule has 7 nitrogen and oxygen atoms in total. The number of ether oxygens (including phenoxy) is 1. The van der Waals surface area contributed by atoms with Gasteiger partial charge in [-0.2, -0.15) is 0 Å². The predicted octanol–water partition coefficient (Wildman–Crippen LogP) is 2.93. The van der Waals surface area contributed by atoms with Crippen LogP contribution in [0.25, 0.3) is 0 Å². The van der Waals surface area contributed by atoms with Gasteiger partial charge in [0.25, 0.3) is 0 Å². The molecule has 2 aliphatic rings. The number of hydrogen-bond donors (Lipinski definition) is 0. The highest BCUT2D eigenvalue weighted by atomic mass is 16.5. The normalized spacial score (nSPS) is 18.4. The van der Waals surface area contributed by atoms with Crippen molar-refractivity contribution in [2.45, 2.75) is 52.0 Å². The van der Waals surface area contributed by atoms with Gasteiger partial charge in [0.2, 0.25) is 11.8 Å². The van der Waals surface area contributed by atoms with Crippen LogP contribution in [0.2, 0.25) is 0 Å². The summed E-state index contributed by atoms with van der Waals surface area (Å²) in [6.45, 7) is 5.33. The van der Waals surface area contributed by atoms with E-state index in [2.05, 4.69) is 25.1 Å². The summed E-state index contributed by atoms with van der Waals surface area (Å²) >= 11 is 0. The molecule has 1 atom stereocenters. The Morgan fingerprint density at radius 2 is 2.06 bits per heavy atom. The molecular weight excluding hydrogens is 392 g/mol. The Balaban J connectivity index is 1.61. The summed E-state index contributed by atoms with van der Waals surface area (Å²) in [5.41, 5.74) is 4.15. The molecule has 0 bridgehead atoms. The molecule has 0 N–H and O–H groups in total. The number of carbonyl (C=O) groups excluding carboxylic acids is 2. The van der Waals surface area contributed by atoms with Crippen molar-refractivity contribution in [3.63, 3.8) is 0 Å². The number of carbonyl (C=O) groups is 2. The number of piperidine rings is 1. The molecule has 0 saturated carbocycles. The number of aryl methyl sites for hydroxylation is 2. The van der Waals surface area contributed by atoms with Gasteiger partial charge in [-0.05, 0) is 45.1 Å². The first-order valence-electron chi connectivity index (χ1n) is 11.0. The van der Waals surface area contributed by atoms with E-state index in [1.54, 1.807) is 4.90 Å². The highest BCUT2D eigenvalue weighted by Gasteiger charge is 2.35. The van der Waals surface area contributed by atoms with Crippen LogP contribution in [0.4, 0.5) is 5.82 Å². The van der Waals surface area contributed by atoms with Gasteiger partial charge < -0.3 is 9.64 Å². The van der Waals surface area contributed by atoms with E-state index in [0.717, 1.165) is 36.9 Å². The molecule has 1 aromatic carbocycles. The zero-order chi connectivity index (χ0) is 22.0. The molecule has 3 heterocycles. The van der Waals surface area contributed by atoms with Crippen molar-refractivity contribution in [1.29, 1.82) is 0 Å². The van der Waals surface area contributed by atoms with Crippen LogP contribution in [0.1, 0.15) is 53.5 Å². The second kappa shape index (κ2) is 9.14. The number of rotatable bonds is 6. The number of fused-ring (bicyclic) bond motifs is 1. The number of nitrogens with zero attached hydrogens (tertiary/aromatic N) is 4. The van der Waals surface area contributed by atoms with Gasteiger partial charge in [0.05, 0.1) is 12.5 Å². The summed E-state index contributed by atoms with van der Waals surface area (Å²) in [6, 6.07) is 8.19. The van der Waals surface area contributed by atoms with Gasteiger partial charge in [-0.15, -0.1) is 0 Å². The lowest BCUT2D eigenvalue weighted by Gasteiger charge is -2.35. The summed E-state index contributed by atoms with van der Waals surface area (Å²) in [5.74, 6) is 1.37. The van der Waals surface area contributed by atoms with Crippen molar-refractivity contribution in [2.75, 3.05) is 31.7 Å². The Kier molecular flexibility index (Phi) is 6.32. The van der Waals surface area contributed by atoms with E-state index >= 15 is 0 Å². The van der Waals surface area contributed by atoms with Crippen LogP contribution in [-0.4, -0.2) is 53.5 Å². The highest BCUT2D eigenvalue weighted by molar-refractivity contribution is 6.00. The first-order chi connectivity index (χ1) is 15.0. The molecule has 1 saturated heterocycles. The Labute approximate surface area is 183 Å². The fourth-order valence-electron chi connectivity index (χ4n) is 4.59. The van der Waals surface area contributed by atoms with Crippen LogP contribution >= 0.6 is 0 Å². The van der Waals surface area contributed by atoms with E-state index < -0.39 is 0 Å². The van der Waals surface area contributed by atoms with Gasteiger partial charge in [0, 0.05) is 31.5 Å². The van der Waals surface area contributed by atoms with Crippen LogP contribution in [-0.2, 0) is 27.2 Å². The molecule has 0 aliphatic carbocycles. The topological polar surface area (TPSA) is 75.6 Å². The summed E-state index contributed by atoms with van der Waals surface area (Å²) in [4.78, 5) is 38.6. The van der Waals surface area contributed by atoms with Gasteiger partial charge in [-0.1, -0.05) is 29.8 Å². The number of anilines is 1. The van der Waals surface area contributed by atoms with Crippen LogP contribution in [0.15, 0.2) is 24.3 Å². The predicted molar refractivity (Wildman–Crippen MR) is 118 cm³/mol. The second-order valence-electron chi connectivity index (χ2n) is 8.46. The second-order valence-corrected chi connectivity index (χ2v) is 8.46.